The van der Waals surface area contributed by atoms with Crippen LogP contribution >= 0.6 is 0 Å². The number of aliphatic hydroxyl groups is 1. The van der Waals surface area contributed by atoms with E-state index in [2.05, 4.69) is 16.0 Å². The van der Waals surface area contributed by atoms with Crippen LogP contribution in [0.15, 0.2) is 12.4 Å². The minimum atomic E-state index is 0.0674. The molecule has 0 aromatic carbocycles. The Balaban J connectivity index is 2.25. The molecule has 1 heterocycles. The molecule has 0 amide bonds. The van der Waals surface area contributed by atoms with Gasteiger partial charge in [-0.3, -0.25) is 0 Å². The lowest BCUT2D eigenvalue weighted by Gasteiger charge is -2.34. The van der Waals surface area contributed by atoms with Gasteiger partial charge in [0, 0.05) is 25.0 Å². The van der Waals surface area contributed by atoms with E-state index in [1.54, 1.807) is 6.20 Å². The van der Waals surface area contributed by atoms with Gasteiger partial charge < -0.3 is 10.0 Å². The number of nitrogens with zero attached hydrogens (tertiary/aromatic N) is 4. The summed E-state index contributed by atoms with van der Waals surface area (Å²) in [7, 11) is 0. The Hall–Kier alpha value is -1.67. The van der Waals surface area contributed by atoms with Crippen LogP contribution in [-0.2, 0) is 0 Å². The number of hydrogen-bond acceptors (Lipinski definition) is 5. The van der Waals surface area contributed by atoms with Crippen LogP contribution in [0.2, 0.25) is 0 Å². The highest BCUT2D eigenvalue weighted by molar-refractivity contribution is 5.50. The Morgan fingerprint density at radius 2 is 2.00 bits per heavy atom. The first kappa shape index (κ1) is 12.8. The Morgan fingerprint density at radius 3 is 2.67 bits per heavy atom. The zero-order valence-electron chi connectivity index (χ0n) is 10.4. The van der Waals surface area contributed by atoms with Crippen molar-refractivity contribution in [1.29, 1.82) is 5.26 Å². The highest BCUT2D eigenvalue weighted by Gasteiger charge is 2.24. The van der Waals surface area contributed by atoms with Gasteiger partial charge in [-0.2, -0.15) is 5.26 Å². The number of rotatable bonds is 4. The summed E-state index contributed by atoms with van der Waals surface area (Å²) in [6.07, 6.45) is 9.00. The van der Waals surface area contributed by atoms with E-state index < -0.39 is 0 Å². The number of anilines is 1. The highest BCUT2D eigenvalue weighted by Crippen LogP contribution is 2.26. The fourth-order valence-corrected chi connectivity index (χ4v) is 2.58. The molecule has 18 heavy (non-hydrogen) atoms. The summed E-state index contributed by atoms with van der Waals surface area (Å²) < 4.78 is 0. The van der Waals surface area contributed by atoms with Crippen molar-refractivity contribution < 1.29 is 5.11 Å². The summed E-state index contributed by atoms with van der Waals surface area (Å²) in [4.78, 5) is 10.4. The van der Waals surface area contributed by atoms with Crippen LogP contribution in [0.3, 0.4) is 0 Å². The van der Waals surface area contributed by atoms with Gasteiger partial charge in [-0.1, -0.05) is 19.3 Å². The molecule has 0 bridgehead atoms. The van der Waals surface area contributed by atoms with Gasteiger partial charge in [-0.05, 0) is 12.8 Å². The lowest BCUT2D eigenvalue weighted by molar-refractivity contribution is 0.289. The van der Waals surface area contributed by atoms with Gasteiger partial charge in [0.15, 0.2) is 11.5 Å². The van der Waals surface area contributed by atoms with Gasteiger partial charge in [-0.15, -0.1) is 0 Å². The van der Waals surface area contributed by atoms with Gasteiger partial charge >= 0.3 is 0 Å². The molecule has 0 unspecified atom stereocenters. The molecule has 1 fully saturated rings. The van der Waals surface area contributed by atoms with Crippen molar-refractivity contribution in [2.24, 2.45) is 0 Å². The SMILES string of the molecule is N#Cc1nccnc1N(CCO)C1CCCCC1. The maximum atomic E-state index is 9.22. The van der Waals surface area contributed by atoms with E-state index in [9.17, 15) is 5.11 Å². The molecule has 0 aliphatic heterocycles. The standard InChI is InChI=1S/C13H18N4O/c14-10-12-13(16-7-6-15-12)17(8-9-18)11-4-2-1-3-5-11/h6-7,11,18H,1-5,8-9H2. The van der Waals surface area contributed by atoms with E-state index in [1.807, 2.05) is 4.90 Å². The van der Waals surface area contributed by atoms with Crippen LogP contribution in [0.1, 0.15) is 37.8 Å². The van der Waals surface area contributed by atoms with Crippen molar-refractivity contribution in [2.45, 2.75) is 38.1 Å². The van der Waals surface area contributed by atoms with Crippen LogP contribution in [0.5, 0.6) is 0 Å². The van der Waals surface area contributed by atoms with Crippen LogP contribution < -0.4 is 4.90 Å². The second kappa shape index (κ2) is 6.31. The minimum absolute atomic E-state index is 0.0674. The molecule has 0 atom stereocenters. The smallest absolute Gasteiger partial charge is 0.183 e. The Morgan fingerprint density at radius 1 is 1.28 bits per heavy atom. The first-order valence-electron chi connectivity index (χ1n) is 6.45. The van der Waals surface area contributed by atoms with Crippen LogP contribution in [-0.4, -0.2) is 34.3 Å². The lowest BCUT2D eigenvalue weighted by Crippen LogP contribution is -2.40. The second-order valence-corrected chi connectivity index (χ2v) is 4.55. The Labute approximate surface area is 107 Å². The van der Waals surface area contributed by atoms with Gasteiger partial charge in [0.25, 0.3) is 0 Å². The van der Waals surface area contributed by atoms with E-state index in [1.165, 1.54) is 25.5 Å². The van der Waals surface area contributed by atoms with Crippen molar-refractivity contribution >= 4 is 5.82 Å². The zero-order chi connectivity index (χ0) is 12.8. The summed E-state index contributed by atoms with van der Waals surface area (Å²) in [6.45, 7) is 0.579. The Kier molecular flexibility index (Phi) is 4.48. The van der Waals surface area contributed by atoms with E-state index in [-0.39, 0.29) is 6.61 Å². The third-order valence-electron chi connectivity index (χ3n) is 3.41. The summed E-state index contributed by atoms with van der Waals surface area (Å²) in [5.74, 6) is 0.612. The quantitative estimate of drug-likeness (QED) is 0.871. The van der Waals surface area contributed by atoms with E-state index >= 15 is 0 Å². The Bertz CT molecular complexity index is 423. The number of aromatic nitrogens is 2. The van der Waals surface area contributed by atoms with Crippen LogP contribution in [0, 0.1) is 11.3 Å². The predicted octanol–water partition coefficient (Wildman–Crippen LogP) is 1.48. The molecule has 0 saturated heterocycles. The summed E-state index contributed by atoms with van der Waals surface area (Å²) in [5, 5.41) is 18.3. The van der Waals surface area contributed by atoms with Gasteiger partial charge in [0.1, 0.15) is 6.07 Å². The molecule has 0 spiro atoms. The molecule has 1 saturated carbocycles. The minimum Gasteiger partial charge on any atom is -0.395 e. The van der Waals surface area contributed by atoms with E-state index in [0.717, 1.165) is 12.8 Å². The summed E-state index contributed by atoms with van der Waals surface area (Å²) in [6, 6.07) is 2.45. The van der Waals surface area contributed by atoms with Crippen molar-refractivity contribution in [3.63, 3.8) is 0 Å². The molecule has 1 N–H and O–H groups in total. The topological polar surface area (TPSA) is 73.0 Å². The molecule has 1 aliphatic carbocycles. The predicted molar refractivity (Wildman–Crippen MR) is 68.1 cm³/mol. The molecular weight excluding hydrogens is 228 g/mol. The molecular formula is C13H18N4O. The molecule has 1 aliphatic rings. The first-order chi connectivity index (χ1) is 8.86. The maximum absolute atomic E-state index is 9.22. The third-order valence-corrected chi connectivity index (χ3v) is 3.41. The maximum Gasteiger partial charge on any atom is 0.183 e. The fraction of sp³-hybridized carbons (Fsp3) is 0.615. The van der Waals surface area contributed by atoms with Gasteiger partial charge in [0.2, 0.25) is 0 Å². The van der Waals surface area contributed by atoms with Crippen molar-refractivity contribution in [2.75, 3.05) is 18.1 Å². The number of hydrogen-bond donors (Lipinski definition) is 1. The number of aliphatic hydroxyl groups excluding tert-OH is 1. The first-order valence-corrected chi connectivity index (χ1v) is 6.45. The van der Waals surface area contributed by atoms with E-state index in [0.29, 0.717) is 24.1 Å². The van der Waals surface area contributed by atoms with Gasteiger partial charge in [-0.25, -0.2) is 9.97 Å². The van der Waals surface area contributed by atoms with Gasteiger partial charge in [0.05, 0.1) is 6.61 Å². The molecule has 2 rings (SSSR count). The fourth-order valence-electron chi connectivity index (χ4n) is 2.58. The van der Waals surface area contributed by atoms with Crippen molar-refractivity contribution in [3.8, 4) is 6.07 Å². The molecule has 1 aromatic heterocycles. The number of nitriles is 1. The molecule has 0 radical (unpaired) electrons. The van der Waals surface area contributed by atoms with Crippen LogP contribution in [0.25, 0.3) is 0 Å². The zero-order valence-corrected chi connectivity index (χ0v) is 10.4. The summed E-state index contributed by atoms with van der Waals surface area (Å²) >= 11 is 0. The average Bonchev–Trinajstić information content (AvgIpc) is 2.46. The lowest BCUT2D eigenvalue weighted by atomic mass is 9.94. The van der Waals surface area contributed by atoms with Crippen LogP contribution in [0.4, 0.5) is 5.82 Å². The average molecular weight is 246 g/mol. The second-order valence-electron chi connectivity index (χ2n) is 4.55. The van der Waals surface area contributed by atoms with Crippen molar-refractivity contribution in [1.82, 2.24) is 9.97 Å². The largest absolute Gasteiger partial charge is 0.395 e. The van der Waals surface area contributed by atoms with E-state index in [4.69, 9.17) is 5.26 Å². The molecule has 1 aromatic rings. The molecule has 5 heteroatoms. The molecule has 5 nitrogen and oxygen atoms in total. The molecule has 96 valence electrons. The third kappa shape index (κ3) is 2.77. The normalized spacial score (nSPS) is 16.2. The van der Waals surface area contributed by atoms with Crippen molar-refractivity contribution in [3.05, 3.63) is 18.1 Å². The highest BCUT2D eigenvalue weighted by atomic mass is 16.3. The monoisotopic (exact) mass is 246 g/mol. The summed E-state index contributed by atoms with van der Waals surface area (Å²) in [5.41, 5.74) is 0.344.